The molecule has 4 nitrogen and oxygen atoms in total. The molecule has 1 aromatic heterocycles. The lowest BCUT2D eigenvalue weighted by molar-refractivity contribution is 0.290. The molecule has 0 aliphatic rings. The number of nitrogens with zero attached hydrogens (tertiary/aromatic N) is 1. The minimum atomic E-state index is 0.413. The summed E-state index contributed by atoms with van der Waals surface area (Å²) in [7, 11) is 3.22. The maximum atomic E-state index is 5.64. The minimum Gasteiger partial charge on any atom is -0.493 e. The number of hydrogen-bond acceptors (Lipinski definition) is 4. The lowest BCUT2D eigenvalue weighted by Crippen LogP contribution is -1.99. The van der Waals surface area contributed by atoms with Gasteiger partial charge in [-0.25, -0.2) is 4.98 Å². The second-order valence-electron chi connectivity index (χ2n) is 3.77. The van der Waals surface area contributed by atoms with Gasteiger partial charge in [0.25, 0.3) is 0 Å². The Labute approximate surface area is 120 Å². The van der Waals surface area contributed by atoms with Gasteiger partial charge in [-0.1, -0.05) is 6.07 Å². The highest BCUT2D eigenvalue weighted by molar-refractivity contribution is 9.10. The fraction of sp³-hybridized carbons (Fsp3) is 0.214. The summed E-state index contributed by atoms with van der Waals surface area (Å²) in [5, 5.41) is 0. The molecule has 1 aromatic carbocycles. The Morgan fingerprint density at radius 2 is 1.89 bits per heavy atom. The van der Waals surface area contributed by atoms with Crippen LogP contribution in [0.5, 0.6) is 17.4 Å². The molecule has 19 heavy (non-hydrogen) atoms. The van der Waals surface area contributed by atoms with Gasteiger partial charge in [-0.15, -0.1) is 0 Å². The van der Waals surface area contributed by atoms with E-state index in [1.165, 1.54) is 0 Å². The van der Waals surface area contributed by atoms with Crippen molar-refractivity contribution in [3.05, 3.63) is 46.6 Å². The number of ether oxygens (including phenoxy) is 3. The van der Waals surface area contributed by atoms with Crippen molar-refractivity contribution in [2.24, 2.45) is 0 Å². The Kier molecular flexibility index (Phi) is 4.63. The van der Waals surface area contributed by atoms with E-state index in [4.69, 9.17) is 14.2 Å². The molecule has 0 unspecified atom stereocenters. The fourth-order valence-corrected chi connectivity index (χ4v) is 1.97. The second-order valence-corrected chi connectivity index (χ2v) is 4.62. The molecule has 0 bridgehead atoms. The third-order valence-corrected chi connectivity index (χ3v) is 3.15. The predicted octanol–water partition coefficient (Wildman–Crippen LogP) is 3.44. The van der Waals surface area contributed by atoms with Gasteiger partial charge in [0.2, 0.25) is 5.88 Å². The van der Waals surface area contributed by atoms with Gasteiger partial charge in [0.1, 0.15) is 6.61 Å². The van der Waals surface area contributed by atoms with Crippen LogP contribution in [-0.2, 0) is 6.61 Å². The van der Waals surface area contributed by atoms with Crippen LogP contribution in [0, 0.1) is 0 Å². The summed E-state index contributed by atoms with van der Waals surface area (Å²) in [5.74, 6) is 1.95. The van der Waals surface area contributed by atoms with Gasteiger partial charge in [0.15, 0.2) is 11.5 Å². The predicted molar refractivity (Wildman–Crippen MR) is 75.8 cm³/mol. The number of methoxy groups -OCH3 is 2. The first-order valence-corrected chi connectivity index (χ1v) is 6.48. The summed E-state index contributed by atoms with van der Waals surface area (Å²) in [6.07, 6.45) is 1.69. The zero-order valence-corrected chi connectivity index (χ0v) is 12.3. The van der Waals surface area contributed by atoms with Crippen LogP contribution >= 0.6 is 15.9 Å². The summed E-state index contributed by atoms with van der Waals surface area (Å²) in [4.78, 5) is 4.14. The first-order valence-electron chi connectivity index (χ1n) is 5.69. The van der Waals surface area contributed by atoms with Crippen molar-refractivity contribution in [3.63, 3.8) is 0 Å². The number of halogens is 1. The Morgan fingerprint density at radius 1 is 1.11 bits per heavy atom. The van der Waals surface area contributed by atoms with E-state index in [1.807, 2.05) is 30.3 Å². The van der Waals surface area contributed by atoms with Crippen LogP contribution in [0.25, 0.3) is 0 Å². The summed E-state index contributed by atoms with van der Waals surface area (Å²) >= 11 is 3.39. The van der Waals surface area contributed by atoms with Crippen molar-refractivity contribution >= 4 is 15.9 Å². The molecule has 0 fully saturated rings. The van der Waals surface area contributed by atoms with Crippen LogP contribution < -0.4 is 14.2 Å². The fourth-order valence-electron chi connectivity index (χ4n) is 1.60. The van der Waals surface area contributed by atoms with Crippen LogP contribution in [0.1, 0.15) is 5.56 Å². The van der Waals surface area contributed by atoms with Crippen molar-refractivity contribution in [1.82, 2.24) is 4.98 Å². The van der Waals surface area contributed by atoms with E-state index in [-0.39, 0.29) is 0 Å². The van der Waals surface area contributed by atoms with Crippen LogP contribution in [0.3, 0.4) is 0 Å². The molecule has 0 amide bonds. The topological polar surface area (TPSA) is 40.6 Å². The third-order valence-electron chi connectivity index (χ3n) is 2.55. The van der Waals surface area contributed by atoms with Gasteiger partial charge < -0.3 is 14.2 Å². The molecule has 0 saturated heterocycles. The molecule has 0 aliphatic heterocycles. The molecule has 100 valence electrons. The molecular formula is C14H14BrNO3. The maximum Gasteiger partial charge on any atom is 0.228 e. The van der Waals surface area contributed by atoms with Crippen LogP contribution in [-0.4, -0.2) is 19.2 Å². The molecule has 0 radical (unpaired) electrons. The Hall–Kier alpha value is -1.75. The smallest absolute Gasteiger partial charge is 0.228 e. The molecular weight excluding hydrogens is 310 g/mol. The summed E-state index contributed by atoms with van der Waals surface area (Å²) in [6, 6.07) is 9.39. The van der Waals surface area contributed by atoms with E-state index >= 15 is 0 Å². The highest BCUT2D eigenvalue weighted by Gasteiger charge is 2.06. The van der Waals surface area contributed by atoms with Crippen molar-refractivity contribution in [2.75, 3.05) is 14.2 Å². The zero-order chi connectivity index (χ0) is 13.7. The number of pyridine rings is 1. The number of benzene rings is 1. The largest absolute Gasteiger partial charge is 0.493 e. The van der Waals surface area contributed by atoms with Gasteiger partial charge in [0.05, 0.1) is 18.7 Å². The van der Waals surface area contributed by atoms with E-state index in [1.54, 1.807) is 20.4 Å². The van der Waals surface area contributed by atoms with E-state index in [0.717, 1.165) is 10.0 Å². The SMILES string of the molecule is COc1ccc(COc2ncccc2Br)cc1OC. The number of aromatic nitrogens is 1. The maximum absolute atomic E-state index is 5.64. The quantitative estimate of drug-likeness (QED) is 0.845. The summed E-state index contributed by atoms with van der Waals surface area (Å²) in [6.45, 7) is 0.413. The van der Waals surface area contributed by atoms with Gasteiger partial charge in [-0.05, 0) is 45.8 Å². The molecule has 1 heterocycles. The first kappa shape index (κ1) is 13.7. The van der Waals surface area contributed by atoms with Crippen LogP contribution in [0.15, 0.2) is 41.0 Å². The van der Waals surface area contributed by atoms with Gasteiger partial charge >= 0.3 is 0 Å². The standard InChI is InChI=1S/C14H14BrNO3/c1-17-12-6-5-10(8-13(12)18-2)9-19-14-11(15)4-3-7-16-14/h3-8H,9H2,1-2H3. The van der Waals surface area contributed by atoms with Gasteiger partial charge in [-0.2, -0.15) is 0 Å². The summed E-state index contributed by atoms with van der Waals surface area (Å²) < 4.78 is 16.9. The molecule has 2 aromatic rings. The van der Waals surface area contributed by atoms with Crippen LogP contribution in [0.4, 0.5) is 0 Å². The molecule has 0 spiro atoms. The number of hydrogen-bond donors (Lipinski definition) is 0. The van der Waals surface area contributed by atoms with E-state index in [2.05, 4.69) is 20.9 Å². The Bertz CT molecular complexity index is 560. The van der Waals surface area contributed by atoms with E-state index < -0.39 is 0 Å². The van der Waals surface area contributed by atoms with Crippen molar-refractivity contribution in [3.8, 4) is 17.4 Å². The van der Waals surface area contributed by atoms with Gasteiger partial charge in [0, 0.05) is 6.20 Å². The monoisotopic (exact) mass is 323 g/mol. The Balaban J connectivity index is 2.10. The normalized spacial score (nSPS) is 10.1. The van der Waals surface area contributed by atoms with E-state index in [9.17, 15) is 0 Å². The van der Waals surface area contributed by atoms with Gasteiger partial charge in [-0.3, -0.25) is 0 Å². The highest BCUT2D eigenvalue weighted by atomic mass is 79.9. The molecule has 0 N–H and O–H groups in total. The third kappa shape index (κ3) is 3.38. The molecule has 0 aliphatic carbocycles. The van der Waals surface area contributed by atoms with Crippen LogP contribution in [0.2, 0.25) is 0 Å². The zero-order valence-electron chi connectivity index (χ0n) is 10.7. The van der Waals surface area contributed by atoms with E-state index in [0.29, 0.717) is 24.0 Å². The summed E-state index contributed by atoms with van der Waals surface area (Å²) in [5.41, 5.74) is 0.982. The second kappa shape index (κ2) is 6.43. The average molecular weight is 324 g/mol. The highest BCUT2D eigenvalue weighted by Crippen LogP contribution is 2.28. The minimum absolute atomic E-state index is 0.413. The van der Waals surface area contributed by atoms with Crippen molar-refractivity contribution in [1.29, 1.82) is 0 Å². The van der Waals surface area contributed by atoms with Crippen molar-refractivity contribution < 1.29 is 14.2 Å². The lowest BCUT2D eigenvalue weighted by atomic mass is 10.2. The number of rotatable bonds is 5. The first-order chi connectivity index (χ1) is 9.24. The van der Waals surface area contributed by atoms with Crippen molar-refractivity contribution in [2.45, 2.75) is 6.61 Å². The molecule has 0 atom stereocenters. The molecule has 0 saturated carbocycles. The lowest BCUT2D eigenvalue weighted by Gasteiger charge is -2.10. The molecule has 5 heteroatoms. The molecule has 2 rings (SSSR count). The Morgan fingerprint density at radius 3 is 2.58 bits per heavy atom. The average Bonchev–Trinajstić information content (AvgIpc) is 2.46.